The van der Waals surface area contributed by atoms with Gasteiger partial charge >= 0.3 is 0 Å². The average molecular weight is 291 g/mol. The van der Waals surface area contributed by atoms with Crippen LogP contribution in [0.1, 0.15) is 49.4 Å². The molecule has 0 unspecified atom stereocenters. The average Bonchev–Trinajstić information content (AvgIpc) is 2.49. The molecule has 116 valence electrons. The van der Waals surface area contributed by atoms with Gasteiger partial charge in [-0.05, 0) is 36.5 Å². The first-order chi connectivity index (χ1) is 10.1. The molecule has 0 saturated heterocycles. The first-order valence-corrected chi connectivity index (χ1v) is 7.75. The molecule has 21 heavy (non-hydrogen) atoms. The van der Waals surface area contributed by atoms with Gasteiger partial charge < -0.3 is 15.2 Å². The highest BCUT2D eigenvalue weighted by Gasteiger charge is 2.18. The Morgan fingerprint density at radius 2 is 2.05 bits per heavy atom. The van der Waals surface area contributed by atoms with Crippen molar-refractivity contribution in [1.82, 2.24) is 5.32 Å². The van der Waals surface area contributed by atoms with Crippen molar-refractivity contribution in [1.29, 1.82) is 0 Å². The molecule has 0 aliphatic heterocycles. The molecule has 0 bridgehead atoms. The van der Waals surface area contributed by atoms with Gasteiger partial charge in [-0.3, -0.25) is 4.79 Å². The number of methoxy groups -OCH3 is 1. The van der Waals surface area contributed by atoms with E-state index in [1.54, 1.807) is 12.1 Å². The summed E-state index contributed by atoms with van der Waals surface area (Å²) in [6, 6.07) is 4.68. The van der Waals surface area contributed by atoms with Gasteiger partial charge in [0.05, 0.1) is 12.7 Å². The van der Waals surface area contributed by atoms with Crippen molar-refractivity contribution >= 4 is 5.91 Å². The summed E-state index contributed by atoms with van der Waals surface area (Å²) in [7, 11) is 1.54. The van der Waals surface area contributed by atoms with Gasteiger partial charge in [-0.1, -0.05) is 32.6 Å². The highest BCUT2D eigenvalue weighted by Crippen LogP contribution is 2.30. The van der Waals surface area contributed by atoms with Crippen molar-refractivity contribution in [2.24, 2.45) is 11.8 Å². The second-order valence-electron chi connectivity index (χ2n) is 6.05. The Hall–Kier alpha value is -1.71. The number of rotatable bonds is 5. The molecule has 1 fully saturated rings. The van der Waals surface area contributed by atoms with Crippen molar-refractivity contribution in [3.05, 3.63) is 23.8 Å². The van der Waals surface area contributed by atoms with Crippen LogP contribution in [0, 0.1) is 11.8 Å². The molecule has 2 rings (SSSR count). The lowest BCUT2D eigenvalue weighted by Gasteiger charge is -2.26. The molecule has 4 heteroatoms. The van der Waals surface area contributed by atoms with Gasteiger partial charge in [0.15, 0.2) is 0 Å². The molecule has 0 atom stereocenters. The quantitative estimate of drug-likeness (QED) is 0.874. The molecule has 1 amide bonds. The van der Waals surface area contributed by atoms with E-state index in [1.165, 1.54) is 38.9 Å². The van der Waals surface area contributed by atoms with Crippen molar-refractivity contribution in [2.45, 2.75) is 39.0 Å². The van der Waals surface area contributed by atoms with Gasteiger partial charge in [0, 0.05) is 6.54 Å². The number of amides is 1. The van der Waals surface area contributed by atoms with E-state index in [0.29, 0.717) is 12.3 Å². The Bertz CT molecular complexity index is 479. The van der Waals surface area contributed by atoms with Gasteiger partial charge in [0.25, 0.3) is 5.91 Å². The number of phenols is 1. The third-order valence-electron chi connectivity index (χ3n) is 4.42. The Labute approximate surface area is 126 Å². The number of carbonyl (C=O) groups excluding carboxylic acids is 1. The maximum Gasteiger partial charge on any atom is 0.255 e. The van der Waals surface area contributed by atoms with Crippen molar-refractivity contribution in [3.63, 3.8) is 0 Å². The zero-order valence-electron chi connectivity index (χ0n) is 12.9. The van der Waals surface area contributed by atoms with Crippen molar-refractivity contribution < 1.29 is 14.6 Å². The fraction of sp³-hybridized carbons (Fsp3) is 0.588. The Morgan fingerprint density at radius 1 is 1.33 bits per heavy atom. The summed E-state index contributed by atoms with van der Waals surface area (Å²) in [5, 5.41) is 12.7. The highest BCUT2D eigenvalue weighted by atomic mass is 16.5. The molecule has 1 aromatic rings. The summed E-state index contributed by atoms with van der Waals surface area (Å²) in [5.74, 6) is 1.89. The lowest BCUT2D eigenvalue weighted by molar-refractivity contribution is 0.0946. The van der Waals surface area contributed by atoms with E-state index >= 15 is 0 Å². The van der Waals surface area contributed by atoms with E-state index in [0.717, 1.165) is 18.3 Å². The number of phenolic OH excluding ortho intramolecular Hbond substituents is 1. The van der Waals surface area contributed by atoms with E-state index in [-0.39, 0.29) is 17.2 Å². The van der Waals surface area contributed by atoms with E-state index < -0.39 is 0 Å². The maximum atomic E-state index is 12.1. The molecular formula is C17H25NO3. The normalized spacial score (nSPS) is 21.8. The van der Waals surface area contributed by atoms with Crippen LogP contribution in [0.4, 0.5) is 0 Å². The SMILES string of the molecule is COc1ccc(O)c(C(=O)NCCC2CCC(C)CC2)c1. The molecule has 1 aliphatic rings. The fourth-order valence-corrected chi connectivity index (χ4v) is 2.93. The van der Waals surface area contributed by atoms with Gasteiger partial charge in [-0.2, -0.15) is 0 Å². The standard InChI is InChI=1S/C17H25NO3/c1-12-3-5-13(6-4-12)9-10-18-17(20)15-11-14(21-2)7-8-16(15)19/h7-8,11-13,19H,3-6,9-10H2,1-2H3,(H,18,20). The van der Waals surface area contributed by atoms with Crippen LogP contribution in [0.5, 0.6) is 11.5 Å². The number of hydrogen-bond donors (Lipinski definition) is 2. The molecule has 0 aromatic heterocycles. The summed E-state index contributed by atoms with van der Waals surface area (Å²) in [6.07, 6.45) is 6.15. The molecule has 1 aliphatic carbocycles. The lowest BCUT2D eigenvalue weighted by atomic mass is 9.81. The molecule has 2 N–H and O–H groups in total. The highest BCUT2D eigenvalue weighted by molar-refractivity contribution is 5.97. The third kappa shape index (κ3) is 4.38. The lowest BCUT2D eigenvalue weighted by Crippen LogP contribution is -2.27. The molecule has 1 aromatic carbocycles. The van der Waals surface area contributed by atoms with Gasteiger partial charge in [-0.25, -0.2) is 0 Å². The number of nitrogens with one attached hydrogen (secondary N) is 1. The summed E-state index contributed by atoms with van der Waals surface area (Å²) >= 11 is 0. The Balaban J connectivity index is 1.82. The molecule has 1 saturated carbocycles. The third-order valence-corrected chi connectivity index (χ3v) is 4.42. The first-order valence-electron chi connectivity index (χ1n) is 7.75. The van der Waals surface area contributed by atoms with Gasteiger partial charge in [0.1, 0.15) is 11.5 Å². The van der Waals surface area contributed by atoms with E-state index in [1.807, 2.05) is 0 Å². The predicted molar refractivity (Wildman–Crippen MR) is 82.7 cm³/mol. The molecule has 4 nitrogen and oxygen atoms in total. The van der Waals surface area contributed by atoms with Gasteiger partial charge in [0.2, 0.25) is 0 Å². The second kappa shape index (κ2) is 7.34. The van der Waals surface area contributed by atoms with Crippen LogP contribution in [0.15, 0.2) is 18.2 Å². The summed E-state index contributed by atoms with van der Waals surface area (Å²) in [5.41, 5.74) is 0.270. The van der Waals surface area contributed by atoms with Crippen LogP contribution in [0.2, 0.25) is 0 Å². The van der Waals surface area contributed by atoms with Crippen molar-refractivity contribution in [3.8, 4) is 11.5 Å². The number of aromatic hydroxyl groups is 1. The summed E-state index contributed by atoms with van der Waals surface area (Å²) in [6.45, 7) is 2.97. The Morgan fingerprint density at radius 3 is 2.71 bits per heavy atom. The largest absolute Gasteiger partial charge is 0.507 e. The molecule has 0 radical (unpaired) electrons. The monoisotopic (exact) mass is 291 g/mol. The number of carbonyl (C=O) groups is 1. The number of benzene rings is 1. The second-order valence-corrected chi connectivity index (χ2v) is 6.05. The van der Waals surface area contributed by atoms with Crippen LogP contribution in [0.3, 0.4) is 0 Å². The molecule has 0 heterocycles. The van der Waals surface area contributed by atoms with Crippen LogP contribution in [-0.4, -0.2) is 24.7 Å². The van der Waals surface area contributed by atoms with Crippen LogP contribution >= 0.6 is 0 Å². The Kier molecular flexibility index (Phi) is 5.48. The smallest absolute Gasteiger partial charge is 0.255 e. The van der Waals surface area contributed by atoms with Crippen LogP contribution in [0.25, 0.3) is 0 Å². The zero-order valence-corrected chi connectivity index (χ0v) is 12.9. The maximum absolute atomic E-state index is 12.1. The van der Waals surface area contributed by atoms with E-state index in [9.17, 15) is 9.90 Å². The molecular weight excluding hydrogens is 266 g/mol. The fourth-order valence-electron chi connectivity index (χ4n) is 2.93. The number of hydrogen-bond acceptors (Lipinski definition) is 3. The molecule has 0 spiro atoms. The minimum absolute atomic E-state index is 0.0141. The summed E-state index contributed by atoms with van der Waals surface area (Å²) < 4.78 is 5.08. The summed E-state index contributed by atoms with van der Waals surface area (Å²) in [4.78, 5) is 12.1. The van der Waals surface area contributed by atoms with Gasteiger partial charge in [-0.15, -0.1) is 0 Å². The van der Waals surface area contributed by atoms with E-state index in [2.05, 4.69) is 12.2 Å². The zero-order chi connectivity index (χ0) is 15.2. The van der Waals surface area contributed by atoms with Crippen LogP contribution < -0.4 is 10.1 Å². The topological polar surface area (TPSA) is 58.6 Å². The minimum atomic E-state index is -0.240. The minimum Gasteiger partial charge on any atom is -0.507 e. The van der Waals surface area contributed by atoms with E-state index in [4.69, 9.17) is 4.74 Å². The van der Waals surface area contributed by atoms with Crippen molar-refractivity contribution in [2.75, 3.05) is 13.7 Å². The first kappa shape index (κ1) is 15.7. The predicted octanol–water partition coefficient (Wildman–Crippen LogP) is 3.35. The van der Waals surface area contributed by atoms with Crippen LogP contribution in [-0.2, 0) is 0 Å². The number of ether oxygens (including phenoxy) is 1.